The van der Waals surface area contributed by atoms with Crippen LogP contribution >= 0.6 is 0 Å². The highest BCUT2D eigenvalue weighted by molar-refractivity contribution is 5.84. The second-order valence-electron chi connectivity index (χ2n) is 5.32. The molecule has 0 saturated heterocycles. The number of hydrogen-bond acceptors (Lipinski definition) is 2. The Bertz CT molecular complexity index is 686. The van der Waals surface area contributed by atoms with Gasteiger partial charge in [-0.25, -0.2) is 0 Å². The SMILES string of the molecule is CNC.NCCc1cn(Cc2ccccc2)c2ccccc12. The minimum atomic E-state index is 0.694. The van der Waals surface area contributed by atoms with Crippen molar-refractivity contribution in [1.29, 1.82) is 0 Å². The molecule has 0 aliphatic carbocycles. The van der Waals surface area contributed by atoms with Crippen molar-refractivity contribution < 1.29 is 0 Å². The lowest BCUT2D eigenvalue weighted by molar-refractivity contribution is 0.827. The van der Waals surface area contributed by atoms with Crippen LogP contribution in [0.25, 0.3) is 10.9 Å². The Morgan fingerprint density at radius 2 is 1.59 bits per heavy atom. The molecule has 3 N–H and O–H groups in total. The monoisotopic (exact) mass is 295 g/mol. The molecule has 0 atom stereocenters. The number of aromatic nitrogens is 1. The van der Waals surface area contributed by atoms with E-state index in [0.29, 0.717) is 6.54 Å². The molecule has 1 heterocycles. The summed E-state index contributed by atoms with van der Waals surface area (Å²) < 4.78 is 2.32. The molecular formula is C19H25N3. The molecular weight excluding hydrogens is 270 g/mol. The number of para-hydroxylation sites is 1. The molecule has 22 heavy (non-hydrogen) atoms. The molecule has 0 bridgehead atoms. The highest BCUT2D eigenvalue weighted by atomic mass is 15.0. The first-order chi connectivity index (χ1) is 10.8. The van der Waals surface area contributed by atoms with E-state index in [1.807, 2.05) is 14.1 Å². The van der Waals surface area contributed by atoms with Crippen LogP contribution in [0.5, 0.6) is 0 Å². The molecule has 3 heteroatoms. The van der Waals surface area contributed by atoms with Crippen LogP contribution in [-0.4, -0.2) is 25.2 Å². The average Bonchev–Trinajstić information content (AvgIpc) is 2.88. The molecule has 116 valence electrons. The van der Waals surface area contributed by atoms with Gasteiger partial charge in [0.1, 0.15) is 0 Å². The first-order valence-corrected chi connectivity index (χ1v) is 7.69. The molecule has 0 radical (unpaired) electrons. The molecule has 3 nitrogen and oxygen atoms in total. The molecule has 2 aromatic carbocycles. The number of rotatable bonds is 4. The van der Waals surface area contributed by atoms with E-state index in [9.17, 15) is 0 Å². The van der Waals surface area contributed by atoms with Crippen LogP contribution in [0.15, 0.2) is 60.8 Å². The van der Waals surface area contributed by atoms with Crippen molar-refractivity contribution in [1.82, 2.24) is 9.88 Å². The zero-order valence-corrected chi connectivity index (χ0v) is 13.4. The molecule has 1 aromatic heterocycles. The fourth-order valence-electron chi connectivity index (χ4n) is 2.59. The molecule has 0 fully saturated rings. The summed E-state index contributed by atoms with van der Waals surface area (Å²) in [7, 11) is 3.75. The Morgan fingerprint density at radius 3 is 2.27 bits per heavy atom. The third-order valence-electron chi connectivity index (χ3n) is 3.48. The van der Waals surface area contributed by atoms with Gasteiger partial charge in [-0.15, -0.1) is 0 Å². The number of nitrogens with zero attached hydrogens (tertiary/aromatic N) is 1. The summed E-state index contributed by atoms with van der Waals surface area (Å²) in [5.41, 5.74) is 9.65. The standard InChI is InChI=1S/C17H18N2.C2H7N/c18-11-10-15-13-19(12-14-6-2-1-3-7-14)17-9-5-4-8-16(15)17;1-3-2/h1-9,13H,10-12,18H2;3H,1-2H3. The quantitative estimate of drug-likeness (QED) is 0.777. The third-order valence-corrected chi connectivity index (χ3v) is 3.48. The Morgan fingerprint density at radius 1 is 0.955 bits per heavy atom. The van der Waals surface area contributed by atoms with Gasteiger partial charge in [-0.3, -0.25) is 0 Å². The summed E-state index contributed by atoms with van der Waals surface area (Å²) in [6.45, 7) is 1.60. The highest BCUT2D eigenvalue weighted by Gasteiger charge is 2.07. The summed E-state index contributed by atoms with van der Waals surface area (Å²) in [5.74, 6) is 0. The van der Waals surface area contributed by atoms with Crippen molar-refractivity contribution in [3.63, 3.8) is 0 Å². The van der Waals surface area contributed by atoms with Crippen LogP contribution < -0.4 is 11.1 Å². The Balaban J connectivity index is 0.000000545. The fourth-order valence-corrected chi connectivity index (χ4v) is 2.59. The van der Waals surface area contributed by atoms with Gasteiger partial charge in [0.15, 0.2) is 0 Å². The minimum absolute atomic E-state index is 0.694. The van der Waals surface area contributed by atoms with E-state index in [1.54, 1.807) is 0 Å². The number of nitrogens with one attached hydrogen (secondary N) is 1. The van der Waals surface area contributed by atoms with Crippen LogP contribution in [0.1, 0.15) is 11.1 Å². The van der Waals surface area contributed by atoms with Crippen LogP contribution in [-0.2, 0) is 13.0 Å². The van der Waals surface area contributed by atoms with E-state index in [2.05, 4.69) is 70.7 Å². The van der Waals surface area contributed by atoms with Gasteiger partial charge in [0.05, 0.1) is 0 Å². The van der Waals surface area contributed by atoms with Crippen molar-refractivity contribution >= 4 is 10.9 Å². The van der Waals surface area contributed by atoms with Crippen molar-refractivity contribution in [3.8, 4) is 0 Å². The van der Waals surface area contributed by atoms with E-state index in [4.69, 9.17) is 5.73 Å². The van der Waals surface area contributed by atoms with E-state index >= 15 is 0 Å². The molecule has 0 amide bonds. The topological polar surface area (TPSA) is 43.0 Å². The summed E-state index contributed by atoms with van der Waals surface area (Å²) in [4.78, 5) is 0. The van der Waals surface area contributed by atoms with Crippen molar-refractivity contribution in [2.75, 3.05) is 20.6 Å². The van der Waals surface area contributed by atoms with Crippen molar-refractivity contribution in [2.24, 2.45) is 5.73 Å². The summed E-state index contributed by atoms with van der Waals surface area (Å²) in [6, 6.07) is 19.1. The van der Waals surface area contributed by atoms with Gasteiger partial charge in [0.2, 0.25) is 0 Å². The van der Waals surface area contributed by atoms with E-state index in [0.717, 1.165) is 13.0 Å². The lowest BCUT2D eigenvalue weighted by atomic mass is 10.1. The normalized spacial score (nSPS) is 10.3. The predicted molar refractivity (Wildman–Crippen MR) is 95.2 cm³/mol. The second-order valence-corrected chi connectivity index (χ2v) is 5.32. The van der Waals surface area contributed by atoms with E-state index in [-0.39, 0.29) is 0 Å². The second kappa shape index (κ2) is 8.37. The maximum Gasteiger partial charge on any atom is 0.0486 e. The van der Waals surface area contributed by atoms with Gasteiger partial charge in [-0.05, 0) is 44.3 Å². The van der Waals surface area contributed by atoms with Crippen LogP contribution in [0.2, 0.25) is 0 Å². The van der Waals surface area contributed by atoms with E-state index in [1.165, 1.54) is 22.0 Å². The van der Waals surface area contributed by atoms with Gasteiger partial charge in [0.25, 0.3) is 0 Å². The molecule has 3 rings (SSSR count). The first kappa shape index (κ1) is 16.3. The molecule has 3 aromatic rings. The lowest BCUT2D eigenvalue weighted by Crippen LogP contribution is -2.02. The summed E-state index contributed by atoms with van der Waals surface area (Å²) >= 11 is 0. The van der Waals surface area contributed by atoms with Crippen molar-refractivity contribution in [3.05, 3.63) is 71.9 Å². The molecule has 0 aliphatic heterocycles. The highest BCUT2D eigenvalue weighted by Crippen LogP contribution is 2.22. The van der Waals surface area contributed by atoms with Gasteiger partial charge in [-0.2, -0.15) is 0 Å². The third kappa shape index (κ3) is 3.97. The Hall–Kier alpha value is -2.10. The average molecular weight is 295 g/mol. The molecule has 0 spiro atoms. The summed E-state index contributed by atoms with van der Waals surface area (Å²) in [6.07, 6.45) is 3.17. The molecule has 0 aliphatic rings. The van der Waals surface area contributed by atoms with Crippen LogP contribution in [0.4, 0.5) is 0 Å². The first-order valence-electron chi connectivity index (χ1n) is 7.69. The Kier molecular flexibility index (Phi) is 6.19. The zero-order chi connectivity index (χ0) is 15.8. The van der Waals surface area contributed by atoms with Crippen molar-refractivity contribution in [2.45, 2.75) is 13.0 Å². The Labute approximate surface area is 132 Å². The van der Waals surface area contributed by atoms with E-state index < -0.39 is 0 Å². The number of fused-ring (bicyclic) bond motifs is 1. The maximum absolute atomic E-state index is 5.70. The lowest BCUT2D eigenvalue weighted by Gasteiger charge is -2.05. The fraction of sp³-hybridized carbons (Fsp3) is 0.263. The van der Waals surface area contributed by atoms with Gasteiger partial charge < -0.3 is 15.6 Å². The van der Waals surface area contributed by atoms with Gasteiger partial charge in [-0.1, -0.05) is 48.5 Å². The largest absolute Gasteiger partial charge is 0.343 e. The van der Waals surface area contributed by atoms with Gasteiger partial charge >= 0.3 is 0 Å². The molecule has 0 unspecified atom stereocenters. The molecule has 0 saturated carbocycles. The number of nitrogens with two attached hydrogens (primary N) is 1. The maximum atomic E-state index is 5.70. The van der Waals surface area contributed by atoms with Gasteiger partial charge in [0, 0.05) is 23.6 Å². The number of benzene rings is 2. The summed E-state index contributed by atoms with van der Waals surface area (Å²) in [5, 5.41) is 4.07. The smallest absolute Gasteiger partial charge is 0.0486 e. The van der Waals surface area contributed by atoms with Crippen LogP contribution in [0, 0.1) is 0 Å². The minimum Gasteiger partial charge on any atom is -0.343 e. The number of hydrogen-bond donors (Lipinski definition) is 2. The van der Waals surface area contributed by atoms with Crippen LogP contribution in [0.3, 0.4) is 0 Å². The zero-order valence-electron chi connectivity index (χ0n) is 13.4. The predicted octanol–water partition coefficient (Wildman–Crippen LogP) is 3.03.